The van der Waals surface area contributed by atoms with Crippen LogP contribution in [0.25, 0.3) is 0 Å². The number of nitrogens with zero attached hydrogens (tertiary/aromatic N) is 2. The molecule has 144 valence electrons. The van der Waals surface area contributed by atoms with E-state index in [2.05, 4.69) is 4.99 Å². The number of hydrogen-bond donors (Lipinski definition) is 1. The normalized spacial score (nSPS) is 20.3. The molecule has 0 aromatic heterocycles. The van der Waals surface area contributed by atoms with Crippen LogP contribution in [0.5, 0.6) is 0 Å². The molecule has 1 unspecified atom stereocenters. The molecule has 3 rings (SSSR count). The Hall–Kier alpha value is -2.69. The van der Waals surface area contributed by atoms with Crippen molar-refractivity contribution in [3.05, 3.63) is 59.7 Å². The molecule has 1 N–H and O–H groups in total. The van der Waals surface area contributed by atoms with Crippen LogP contribution < -0.4 is 4.90 Å². The maximum atomic E-state index is 13.8. The van der Waals surface area contributed by atoms with Gasteiger partial charge in [0.15, 0.2) is 0 Å². The highest BCUT2D eigenvalue weighted by Crippen LogP contribution is 2.51. The van der Waals surface area contributed by atoms with Crippen molar-refractivity contribution >= 4 is 17.2 Å². The van der Waals surface area contributed by atoms with Gasteiger partial charge < -0.3 is 5.11 Å². The second kappa shape index (κ2) is 5.91. The van der Waals surface area contributed by atoms with E-state index in [1.807, 2.05) is 0 Å². The van der Waals surface area contributed by atoms with E-state index in [1.54, 1.807) is 0 Å². The molecule has 1 atom stereocenters. The third kappa shape index (κ3) is 3.01. The Balaban J connectivity index is 2.40. The van der Waals surface area contributed by atoms with Crippen LogP contribution in [-0.4, -0.2) is 23.3 Å². The van der Waals surface area contributed by atoms with Crippen LogP contribution >= 0.6 is 0 Å². The summed E-state index contributed by atoms with van der Waals surface area (Å²) in [7, 11) is 0. The molecule has 0 saturated heterocycles. The minimum atomic E-state index is -5.70. The fraction of sp³-hybridized carbons (Fsp3) is 0.188. The third-order valence-electron chi connectivity index (χ3n) is 3.83. The maximum absolute atomic E-state index is 13.8. The minimum absolute atomic E-state index is 0.246. The van der Waals surface area contributed by atoms with Crippen LogP contribution in [-0.2, 0) is 5.72 Å². The van der Waals surface area contributed by atoms with Crippen LogP contribution in [0.15, 0.2) is 47.5 Å². The van der Waals surface area contributed by atoms with Crippen molar-refractivity contribution in [2.75, 3.05) is 4.90 Å². The lowest BCUT2D eigenvalue weighted by molar-refractivity contribution is -0.263. The summed E-state index contributed by atoms with van der Waals surface area (Å²) in [6, 6.07) is 3.89. The summed E-state index contributed by atoms with van der Waals surface area (Å²) in [6.45, 7) is 0. The molecule has 0 radical (unpaired) electrons. The summed E-state index contributed by atoms with van der Waals surface area (Å²) in [5.41, 5.74) is -7.27. The molecule has 27 heavy (non-hydrogen) atoms. The Kier molecular flexibility index (Phi) is 4.18. The van der Waals surface area contributed by atoms with E-state index in [0.29, 0.717) is 36.4 Å². The molecule has 2 aromatic carbocycles. The van der Waals surface area contributed by atoms with Gasteiger partial charge in [-0.25, -0.2) is 13.8 Å². The van der Waals surface area contributed by atoms with Crippen molar-refractivity contribution in [2.24, 2.45) is 4.99 Å². The molecule has 0 amide bonds. The lowest BCUT2D eigenvalue weighted by atomic mass is 9.94. The Morgan fingerprint density at radius 3 is 1.93 bits per heavy atom. The summed E-state index contributed by atoms with van der Waals surface area (Å²) in [4.78, 5) is 2.61. The Morgan fingerprint density at radius 1 is 0.852 bits per heavy atom. The number of fused-ring (bicyclic) bond motifs is 1. The van der Waals surface area contributed by atoms with Gasteiger partial charge in [-0.3, -0.25) is 4.90 Å². The van der Waals surface area contributed by atoms with Gasteiger partial charge in [0.2, 0.25) is 5.84 Å². The second-order valence-corrected chi connectivity index (χ2v) is 5.58. The van der Waals surface area contributed by atoms with E-state index >= 15 is 0 Å². The summed E-state index contributed by atoms with van der Waals surface area (Å²) in [5, 5.41) is 10.5. The molecule has 0 saturated carbocycles. The zero-order chi connectivity index (χ0) is 20.2. The molecular weight excluding hydrogens is 388 g/mol. The van der Waals surface area contributed by atoms with Crippen molar-refractivity contribution in [1.29, 1.82) is 0 Å². The summed E-state index contributed by atoms with van der Waals surface area (Å²) in [6.07, 6.45) is -11.1. The number of halogens is 8. The molecule has 1 heterocycles. The second-order valence-electron chi connectivity index (χ2n) is 5.58. The standard InChI is InChI=1S/C16H8F8N2O/c17-8-1-4-10(5-2-8)26-13(15(19,20)21)25-12-6-3-9(18)7-11(12)14(26,27)16(22,23)24/h1-7,27H. The summed E-state index contributed by atoms with van der Waals surface area (Å²) in [5.74, 6) is -4.24. The van der Waals surface area contributed by atoms with E-state index in [9.17, 15) is 40.2 Å². The number of amidine groups is 1. The number of benzene rings is 2. The molecule has 0 spiro atoms. The van der Waals surface area contributed by atoms with Crippen molar-refractivity contribution in [2.45, 2.75) is 18.1 Å². The predicted molar refractivity (Wildman–Crippen MR) is 78.4 cm³/mol. The highest BCUT2D eigenvalue weighted by Gasteiger charge is 2.65. The Bertz CT molecular complexity index is 904. The lowest BCUT2D eigenvalue weighted by Crippen LogP contribution is -2.63. The van der Waals surface area contributed by atoms with Crippen molar-refractivity contribution < 1.29 is 40.2 Å². The smallest absolute Gasteiger partial charge is 0.359 e. The van der Waals surface area contributed by atoms with E-state index in [1.165, 1.54) is 0 Å². The van der Waals surface area contributed by atoms with Crippen molar-refractivity contribution in [3.8, 4) is 0 Å². The highest BCUT2D eigenvalue weighted by atomic mass is 19.4. The Morgan fingerprint density at radius 2 is 1.41 bits per heavy atom. The average Bonchev–Trinajstić information content (AvgIpc) is 2.54. The molecule has 1 aliphatic heterocycles. The maximum Gasteiger partial charge on any atom is 0.449 e. The first-order valence-corrected chi connectivity index (χ1v) is 7.16. The zero-order valence-electron chi connectivity index (χ0n) is 12.9. The third-order valence-corrected chi connectivity index (χ3v) is 3.83. The van der Waals surface area contributed by atoms with Crippen LogP contribution in [0, 0.1) is 11.6 Å². The number of aliphatic hydroxyl groups is 1. The summed E-state index contributed by atoms with van der Waals surface area (Å²) >= 11 is 0. The summed E-state index contributed by atoms with van der Waals surface area (Å²) < 4.78 is 108. The quantitative estimate of drug-likeness (QED) is 0.704. The number of anilines is 1. The number of alkyl halides is 6. The molecule has 11 heteroatoms. The molecule has 0 aliphatic carbocycles. The molecule has 0 bridgehead atoms. The van der Waals surface area contributed by atoms with Crippen LogP contribution in [0.2, 0.25) is 0 Å². The van der Waals surface area contributed by atoms with E-state index < -0.39 is 57.4 Å². The minimum Gasteiger partial charge on any atom is -0.359 e. The molecular formula is C16H8F8N2O. The molecule has 1 aliphatic rings. The van der Waals surface area contributed by atoms with E-state index in [0.717, 1.165) is 0 Å². The Labute approximate surface area is 146 Å². The van der Waals surface area contributed by atoms with Gasteiger partial charge >= 0.3 is 12.4 Å². The SMILES string of the molecule is OC1(C(F)(F)F)c2cc(F)ccc2N=C(C(F)(F)F)N1c1ccc(F)cc1. The molecule has 3 nitrogen and oxygen atoms in total. The van der Waals surface area contributed by atoms with Crippen LogP contribution in [0.4, 0.5) is 46.5 Å². The van der Waals surface area contributed by atoms with Gasteiger partial charge in [0.05, 0.1) is 5.69 Å². The van der Waals surface area contributed by atoms with Gasteiger partial charge in [0.25, 0.3) is 5.72 Å². The topological polar surface area (TPSA) is 35.8 Å². The number of aliphatic imine (C=N–C) groups is 1. The van der Waals surface area contributed by atoms with Crippen LogP contribution in [0.3, 0.4) is 0 Å². The monoisotopic (exact) mass is 396 g/mol. The first-order valence-electron chi connectivity index (χ1n) is 7.16. The van der Waals surface area contributed by atoms with Gasteiger partial charge in [-0.2, -0.15) is 26.3 Å². The predicted octanol–water partition coefficient (Wildman–Crippen LogP) is 4.78. The van der Waals surface area contributed by atoms with Gasteiger partial charge in [0, 0.05) is 11.3 Å². The van der Waals surface area contributed by atoms with Gasteiger partial charge in [-0.15, -0.1) is 0 Å². The van der Waals surface area contributed by atoms with Crippen molar-refractivity contribution in [1.82, 2.24) is 0 Å². The lowest BCUT2D eigenvalue weighted by Gasteiger charge is -2.45. The zero-order valence-corrected chi connectivity index (χ0v) is 12.9. The van der Waals surface area contributed by atoms with Gasteiger partial charge in [-0.1, -0.05) is 0 Å². The number of hydrogen-bond acceptors (Lipinski definition) is 3. The first-order chi connectivity index (χ1) is 12.4. The largest absolute Gasteiger partial charge is 0.449 e. The average molecular weight is 396 g/mol. The fourth-order valence-corrected chi connectivity index (χ4v) is 2.69. The highest BCUT2D eigenvalue weighted by molar-refractivity contribution is 6.06. The molecule has 0 fully saturated rings. The van der Waals surface area contributed by atoms with Crippen molar-refractivity contribution in [3.63, 3.8) is 0 Å². The molecule has 2 aromatic rings. The van der Waals surface area contributed by atoms with Gasteiger partial charge in [0.1, 0.15) is 11.6 Å². The van der Waals surface area contributed by atoms with E-state index in [-0.39, 0.29) is 6.07 Å². The van der Waals surface area contributed by atoms with E-state index in [4.69, 9.17) is 0 Å². The first kappa shape index (κ1) is 19.1. The van der Waals surface area contributed by atoms with Gasteiger partial charge in [-0.05, 0) is 42.5 Å². The number of rotatable bonds is 1. The van der Waals surface area contributed by atoms with Crippen LogP contribution in [0.1, 0.15) is 5.56 Å². The fourth-order valence-electron chi connectivity index (χ4n) is 2.69.